The number of amides is 1. The normalized spacial score (nSPS) is 15.0. The van der Waals surface area contributed by atoms with Gasteiger partial charge in [0.25, 0.3) is 0 Å². The van der Waals surface area contributed by atoms with Crippen molar-refractivity contribution < 1.29 is 28.5 Å². The van der Waals surface area contributed by atoms with Gasteiger partial charge in [-0.25, -0.2) is 4.79 Å². The fourth-order valence-corrected chi connectivity index (χ4v) is 4.42. The SMILES string of the molecule is CCOC(=O)c1ccc(OC[C@@H]2c3cc(OC)c(OC)cc3CCN2C(=O)C(CC)CC)cc1. The van der Waals surface area contributed by atoms with Crippen LogP contribution in [0.4, 0.5) is 0 Å². The zero-order chi connectivity index (χ0) is 24.7. The lowest BCUT2D eigenvalue weighted by Crippen LogP contribution is -2.45. The summed E-state index contributed by atoms with van der Waals surface area (Å²) in [5.74, 6) is 1.69. The highest BCUT2D eigenvalue weighted by atomic mass is 16.5. The topological polar surface area (TPSA) is 74.3 Å². The van der Waals surface area contributed by atoms with E-state index in [9.17, 15) is 9.59 Å². The fourth-order valence-electron chi connectivity index (χ4n) is 4.42. The molecular formula is C27H35NO6. The molecule has 0 N–H and O–H groups in total. The molecule has 2 aromatic carbocycles. The Kier molecular flexibility index (Phi) is 8.79. The van der Waals surface area contributed by atoms with Crippen LogP contribution in [0.25, 0.3) is 0 Å². The molecule has 1 amide bonds. The van der Waals surface area contributed by atoms with Crippen LogP contribution < -0.4 is 14.2 Å². The predicted octanol–water partition coefficient (Wildman–Crippen LogP) is 4.82. The van der Waals surface area contributed by atoms with Gasteiger partial charge in [0.05, 0.1) is 32.4 Å². The van der Waals surface area contributed by atoms with E-state index in [4.69, 9.17) is 18.9 Å². The predicted molar refractivity (Wildman–Crippen MR) is 130 cm³/mol. The summed E-state index contributed by atoms with van der Waals surface area (Å²) >= 11 is 0. The molecule has 0 saturated heterocycles. The Morgan fingerprint density at radius 2 is 1.65 bits per heavy atom. The second-order valence-electron chi connectivity index (χ2n) is 8.27. The molecule has 0 unspecified atom stereocenters. The summed E-state index contributed by atoms with van der Waals surface area (Å²) in [5, 5.41) is 0. The first kappa shape index (κ1) is 25.4. The molecule has 0 bridgehead atoms. The quantitative estimate of drug-likeness (QED) is 0.465. The lowest BCUT2D eigenvalue weighted by molar-refractivity contribution is -0.139. The van der Waals surface area contributed by atoms with E-state index in [-0.39, 0.29) is 30.4 Å². The number of hydrogen-bond acceptors (Lipinski definition) is 6. The molecule has 7 heteroatoms. The fraction of sp³-hybridized carbons (Fsp3) is 0.481. The number of rotatable bonds is 10. The number of methoxy groups -OCH3 is 2. The van der Waals surface area contributed by atoms with Crippen LogP contribution in [0.2, 0.25) is 0 Å². The smallest absolute Gasteiger partial charge is 0.338 e. The van der Waals surface area contributed by atoms with Crippen LogP contribution in [0.15, 0.2) is 36.4 Å². The average Bonchev–Trinajstić information content (AvgIpc) is 2.87. The lowest BCUT2D eigenvalue weighted by atomic mass is 9.90. The molecule has 0 spiro atoms. The summed E-state index contributed by atoms with van der Waals surface area (Å²) in [6.07, 6.45) is 2.34. The molecule has 0 aromatic heterocycles. The molecule has 1 aliphatic heterocycles. The number of fused-ring (bicyclic) bond motifs is 1. The molecule has 0 aliphatic carbocycles. The van der Waals surface area contributed by atoms with Crippen LogP contribution in [0.3, 0.4) is 0 Å². The van der Waals surface area contributed by atoms with E-state index in [1.807, 2.05) is 17.0 Å². The van der Waals surface area contributed by atoms with E-state index in [0.717, 1.165) is 30.4 Å². The van der Waals surface area contributed by atoms with Gasteiger partial charge in [-0.2, -0.15) is 0 Å². The first-order valence-corrected chi connectivity index (χ1v) is 11.9. The van der Waals surface area contributed by atoms with Gasteiger partial charge in [-0.15, -0.1) is 0 Å². The van der Waals surface area contributed by atoms with Crippen molar-refractivity contribution >= 4 is 11.9 Å². The van der Waals surface area contributed by atoms with E-state index >= 15 is 0 Å². The standard InChI is InChI=1S/C27H35NO6/c1-6-18(7-2)26(29)28-14-13-20-15-24(31-4)25(32-5)16-22(20)23(28)17-34-21-11-9-19(10-12-21)27(30)33-8-3/h9-12,15-16,18,23H,6-8,13-14,17H2,1-5H3/t23-/m1/s1. The molecule has 0 fully saturated rings. The Bertz CT molecular complexity index is 983. The van der Waals surface area contributed by atoms with Gasteiger partial charge >= 0.3 is 5.97 Å². The van der Waals surface area contributed by atoms with Gasteiger partial charge < -0.3 is 23.8 Å². The van der Waals surface area contributed by atoms with Gasteiger partial charge in [0, 0.05) is 12.5 Å². The van der Waals surface area contributed by atoms with Crippen molar-refractivity contribution in [2.75, 3.05) is 34.0 Å². The van der Waals surface area contributed by atoms with Crippen molar-refractivity contribution in [1.82, 2.24) is 4.90 Å². The van der Waals surface area contributed by atoms with Crippen molar-refractivity contribution in [2.45, 2.75) is 46.1 Å². The van der Waals surface area contributed by atoms with Crippen LogP contribution in [0.5, 0.6) is 17.2 Å². The number of carbonyl (C=O) groups is 2. The minimum Gasteiger partial charge on any atom is -0.493 e. The zero-order valence-electron chi connectivity index (χ0n) is 20.8. The summed E-state index contributed by atoms with van der Waals surface area (Å²) in [6, 6.07) is 10.6. The highest BCUT2D eigenvalue weighted by molar-refractivity contribution is 5.89. The van der Waals surface area contributed by atoms with E-state index in [2.05, 4.69) is 13.8 Å². The molecule has 7 nitrogen and oxygen atoms in total. The Labute approximate surface area is 201 Å². The number of nitrogens with zero attached hydrogens (tertiary/aromatic N) is 1. The summed E-state index contributed by atoms with van der Waals surface area (Å²) < 4.78 is 22.2. The monoisotopic (exact) mass is 469 g/mol. The molecule has 1 heterocycles. The van der Waals surface area contributed by atoms with Crippen LogP contribution in [0.1, 0.15) is 61.1 Å². The Balaban J connectivity index is 1.89. The summed E-state index contributed by atoms with van der Waals surface area (Å²) in [5.41, 5.74) is 2.60. The number of ether oxygens (including phenoxy) is 4. The highest BCUT2D eigenvalue weighted by Crippen LogP contribution is 2.39. The second kappa shape index (κ2) is 11.8. The van der Waals surface area contributed by atoms with Gasteiger partial charge in [0.2, 0.25) is 5.91 Å². The number of benzene rings is 2. The minimum atomic E-state index is -0.363. The van der Waals surface area contributed by atoms with Crippen molar-refractivity contribution in [3.8, 4) is 17.2 Å². The molecule has 184 valence electrons. The molecule has 3 rings (SSSR count). The van der Waals surface area contributed by atoms with Crippen molar-refractivity contribution in [2.24, 2.45) is 5.92 Å². The molecule has 0 radical (unpaired) electrons. The molecular weight excluding hydrogens is 434 g/mol. The van der Waals surface area contributed by atoms with E-state index in [1.165, 1.54) is 0 Å². The van der Waals surface area contributed by atoms with Crippen molar-refractivity contribution in [3.05, 3.63) is 53.1 Å². The van der Waals surface area contributed by atoms with E-state index in [1.54, 1.807) is 45.4 Å². The molecule has 34 heavy (non-hydrogen) atoms. The first-order valence-electron chi connectivity index (χ1n) is 11.9. The first-order chi connectivity index (χ1) is 16.5. The number of carbonyl (C=O) groups excluding carboxylic acids is 2. The van der Waals surface area contributed by atoms with Gasteiger partial charge in [0.1, 0.15) is 12.4 Å². The largest absolute Gasteiger partial charge is 0.493 e. The number of hydrogen-bond donors (Lipinski definition) is 0. The summed E-state index contributed by atoms with van der Waals surface area (Å²) in [7, 11) is 3.23. The Morgan fingerprint density at radius 1 is 1.00 bits per heavy atom. The third-order valence-corrected chi connectivity index (χ3v) is 6.39. The van der Waals surface area contributed by atoms with Gasteiger partial charge in [-0.1, -0.05) is 13.8 Å². The molecule has 1 atom stereocenters. The molecule has 1 aliphatic rings. The van der Waals surface area contributed by atoms with E-state index < -0.39 is 0 Å². The maximum Gasteiger partial charge on any atom is 0.338 e. The van der Waals surface area contributed by atoms with Crippen molar-refractivity contribution in [1.29, 1.82) is 0 Å². The second-order valence-corrected chi connectivity index (χ2v) is 8.27. The maximum atomic E-state index is 13.4. The zero-order valence-corrected chi connectivity index (χ0v) is 20.8. The average molecular weight is 470 g/mol. The Morgan fingerprint density at radius 3 is 2.24 bits per heavy atom. The lowest BCUT2D eigenvalue weighted by Gasteiger charge is -2.39. The third-order valence-electron chi connectivity index (χ3n) is 6.39. The molecule has 0 saturated carbocycles. The molecule has 2 aromatic rings. The van der Waals surface area contributed by atoms with Crippen LogP contribution >= 0.6 is 0 Å². The van der Waals surface area contributed by atoms with Crippen molar-refractivity contribution in [3.63, 3.8) is 0 Å². The number of esters is 1. The van der Waals surface area contributed by atoms with Crippen LogP contribution in [-0.4, -0.2) is 50.8 Å². The minimum absolute atomic E-state index is 0.0203. The highest BCUT2D eigenvalue weighted by Gasteiger charge is 2.35. The van der Waals surface area contributed by atoms with Gasteiger partial charge in [0.15, 0.2) is 11.5 Å². The summed E-state index contributed by atoms with van der Waals surface area (Å²) in [6.45, 7) is 7.10. The Hall–Kier alpha value is -3.22. The maximum absolute atomic E-state index is 13.4. The van der Waals surface area contributed by atoms with E-state index in [0.29, 0.717) is 36.0 Å². The van der Waals surface area contributed by atoms with Crippen LogP contribution in [-0.2, 0) is 16.0 Å². The van der Waals surface area contributed by atoms with Crippen LogP contribution in [0, 0.1) is 5.92 Å². The van der Waals surface area contributed by atoms with Gasteiger partial charge in [-0.05, 0) is 73.7 Å². The van der Waals surface area contributed by atoms with Gasteiger partial charge in [-0.3, -0.25) is 4.79 Å². The third kappa shape index (κ3) is 5.46. The summed E-state index contributed by atoms with van der Waals surface area (Å²) in [4.78, 5) is 27.3.